The first-order valence-corrected chi connectivity index (χ1v) is 5.37. The normalized spacial score (nSPS) is 17.4. The number of hydrogen-bond acceptors (Lipinski definition) is 0. The molecule has 0 fully saturated rings. The molecule has 78 valence electrons. The van der Waals surface area contributed by atoms with E-state index in [0.717, 1.165) is 5.56 Å². The van der Waals surface area contributed by atoms with Crippen molar-refractivity contribution in [3.05, 3.63) is 77.1 Å². The van der Waals surface area contributed by atoms with Crippen molar-refractivity contribution in [1.82, 2.24) is 0 Å². The van der Waals surface area contributed by atoms with Gasteiger partial charge in [-0.15, -0.1) is 0 Å². The second-order valence-electron chi connectivity index (χ2n) is 4.02. The Morgan fingerprint density at radius 3 is 2.56 bits per heavy atom. The zero-order valence-electron chi connectivity index (χ0n) is 8.73. The lowest BCUT2D eigenvalue weighted by Crippen LogP contribution is -1.95. The molecular formula is C15H11F. The van der Waals surface area contributed by atoms with Crippen molar-refractivity contribution in [3.8, 4) is 0 Å². The van der Waals surface area contributed by atoms with Crippen LogP contribution in [0.5, 0.6) is 0 Å². The third kappa shape index (κ3) is 1.45. The molecule has 2 aromatic carbocycles. The Labute approximate surface area is 94.1 Å². The van der Waals surface area contributed by atoms with Crippen molar-refractivity contribution in [2.24, 2.45) is 0 Å². The molecule has 0 spiro atoms. The van der Waals surface area contributed by atoms with Gasteiger partial charge in [-0.1, -0.05) is 48.6 Å². The van der Waals surface area contributed by atoms with Gasteiger partial charge in [0.25, 0.3) is 0 Å². The summed E-state index contributed by atoms with van der Waals surface area (Å²) in [6, 6.07) is 15.3. The van der Waals surface area contributed by atoms with Crippen molar-refractivity contribution in [3.63, 3.8) is 0 Å². The summed E-state index contributed by atoms with van der Waals surface area (Å²) in [4.78, 5) is 0. The summed E-state index contributed by atoms with van der Waals surface area (Å²) in [7, 11) is 0. The molecule has 16 heavy (non-hydrogen) atoms. The highest BCUT2D eigenvalue weighted by Gasteiger charge is 2.18. The number of benzene rings is 2. The Hall–Kier alpha value is -1.89. The molecule has 0 N–H and O–H groups in total. The van der Waals surface area contributed by atoms with E-state index in [4.69, 9.17) is 0 Å². The van der Waals surface area contributed by atoms with E-state index in [-0.39, 0.29) is 11.7 Å². The van der Waals surface area contributed by atoms with Gasteiger partial charge in [0.05, 0.1) is 0 Å². The number of fused-ring (bicyclic) bond motifs is 1. The summed E-state index contributed by atoms with van der Waals surface area (Å²) in [6.45, 7) is 0. The van der Waals surface area contributed by atoms with Crippen LogP contribution >= 0.6 is 0 Å². The Morgan fingerprint density at radius 1 is 0.938 bits per heavy atom. The van der Waals surface area contributed by atoms with Crippen LogP contribution in [0.2, 0.25) is 0 Å². The molecule has 0 saturated heterocycles. The fourth-order valence-electron chi connectivity index (χ4n) is 2.23. The average molecular weight is 210 g/mol. The summed E-state index contributed by atoms with van der Waals surface area (Å²) in [5, 5.41) is 0. The van der Waals surface area contributed by atoms with E-state index >= 15 is 0 Å². The van der Waals surface area contributed by atoms with Crippen LogP contribution in [-0.2, 0) is 0 Å². The van der Waals surface area contributed by atoms with Gasteiger partial charge in [-0.25, -0.2) is 4.39 Å². The molecule has 2 aromatic rings. The quantitative estimate of drug-likeness (QED) is 0.667. The second kappa shape index (κ2) is 3.60. The summed E-state index contributed by atoms with van der Waals surface area (Å²) in [5.41, 5.74) is 3.44. The molecule has 1 aliphatic rings. The fourth-order valence-corrected chi connectivity index (χ4v) is 2.23. The second-order valence-corrected chi connectivity index (χ2v) is 4.02. The van der Waals surface area contributed by atoms with Gasteiger partial charge in [-0.3, -0.25) is 0 Å². The molecule has 0 saturated carbocycles. The van der Waals surface area contributed by atoms with Crippen LogP contribution in [0.4, 0.5) is 4.39 Å². The van der Waals surface area contributed by atoms with Gasteiger partial charge in [-0.05, 0) is 28.8 Å². The minimum absolute atomic E-state index is 0.169. The lowest BCUT2D eigenvalue weighted by atomic mass is 9.93. The van der Waals surface area contributed by atoms with Gasteiger partial charge in [-0.2, -0.15) is 0 Å². The van der Waals surface area contributed by atoms with E-state index in [9.17, 15) is 4.39 Å². The maximum absolute atomic E-state index is 13.1. The Kier molecular flexibility index (Phi) is 2.10. The maximum Gasteiger partial charge on any atom is 0.123 e. The van der Waals surface area contributed by atoms with Crippen molar-refractivity contribution < 1.29 is 4.39 Å². The maximum atomic E-state index is 13.1. The number of rotatable bonds is 1. The zero-order valence-corrected chi connectivity index (χ0v) is 8.73. The van der Waals surface area contributed by atoms with Crippen LogP contribution in [0.3, 0.4) is 0 Å². The molecule has 1 heteroatoms. The van der Waals surface area contributed by atoms with Crippen molar-refractivity contribution in [2.45, 2.75) is 5.92 Å². The smallest absolute Gasteiger partial charge is 0.123 e. The van der Waals surface area contributed by atoms with Gasteiger partial charge >= 0.3 is 0 Å². The number of hydrogen-bond donors (Lipinski definition) is 0. The van der Waals surface area contributed by atoms with Crippen molar-refractivity contribution in [2.75, 3.05) is 0 Å². The first-order valence-electron chi connectivity index (χ1n) is 5.37. The molecule has 0 aliphatic heterocycles. The molecule has 0 amide bonds. The first-order chi connectivity index (χ1) is 7.84. The van der Waals surface area contributed by atoms with Crippen LogP contribution < -0.4 is 0 Å². The molecule has 1 aliphatic carbocycles. The Balaban J connectivity index is 2.07. The van der Waals surface area contributed by atoms with Crippen LogP contribution in [0.1, 0.15) is 22.6 Å². The SMILES string of the molecule is Fc1ccc2c(c1)C=CC2c1ccccc1. The number of halogens is 1. The highest BCUT2D eigenvalue weighted by molar-refractivity contribution is 5.65. The van der Waals surface area contributed by atoms with Crippen LogP contribution in [0.15, 0.2) is 54.6 Å². The molecular weight excluding hydrogens is 199 g/mol. The zero-order chi connectivity index (χ0) is 11.0. The van der Waals surface area contributed by atoms with Gasteiger partial charge in [0.15, 0.2) is 0 Å². The standard InChI is InChI=1S/C15H11F/c16-13-7-9-15-12(10-13)6-8-14(15)11-4-2-1-3-5-11/h1-10,14H. The van der Waals surface area contributed by atoms with Gasteiger partial charge in [0.2, 0.25) is 0 Å². The number of allylic oxidation sites excluding steroid dienone is 1. The molecule has 1 atom stereocenters. The van der Waals surface area contributed by atoms with Crippen molar-refractivity contribution in [1.29, 1.82) is 0 Å². The monoisotopic (exact) mass is 210 g/mol. The summed E-state index contributed by atoms with van der Waals surface area (Å²) in [5.74, 6) is 0.105. The van der Waals surface area contributed by atoms with Crippen LogP contribution in [0, 0.1) is 5.82 Å². The molecule has 1 unspecified atom stereocenters. The molecule has 0 bridgehead atoms. The van der Waals surface area contributed by atoms with Gasteiger partial charge < -0.3 is 0 Å². The lowest BCUT2D eigenvalue weighted by Gasteiger charge is -2.11. The lowest BCUT2D eigenvalue weighted by molar-refractivity contribution is 0.627. The molecule has 0 heterocycles. The molecule has 0 radical (unpaired) electrons. The summed E-state index contributed by atoms with van der Waals surface area (Å²) >= 11 is 0. The predicted octanol–water partition coefficient (Wildman–Crippen LogP) is 3.98. The van der Waals surface area contributed by atoms with Crippen LogP contribution in [-0.4, -0.2) is 0 Å². The van der Waals surface area contributed by atoms with Gasteiger partial charge in [0, 0.05) is 5.92 Å². The van der Waals surface area contributed by atoms with Gasteiger partial charge in [0.1, 0.15) is 5.82 Å². The Bertz CT molecular complexity index is 541. The van der Waals surface area contributed by atoms with E-state index < -0.39 is 0 Å². The minimum Gasteiger partial charge on any atom is -0.207 e. The van der Waals surface area contributed by atoms with E-state index in [0.29, 0.717) is 0 Å². The highest BCUT2D eigenvalue weighted by atomic mass is 19.1. The largest absolute Gasteiger partial charge is 0.207 e. The molecule has 0 aromatic heterocycles. The molecule has 3 rings (SSSR count). The molecule has 0 nitrogen and oxygen atoms in total. The fraction of sp³-hybridized carbons (Fsp3) is 0.0667. The van der Waals surface area contributed by atoms with Crippen LogP contribution in [0.25, 0.3) is 6.08 Å². The Morgan fingerprint density at radius 2 is 1.75 bits per heavy atom. The van der Waals surface area contributed by atoms with E-state index in [1.165, 1.54) is 17.2 Å². The highest BCUT2D eigenvalue weighted by Crippen LogP contribution is 2.35. The van der Waals surface area contributed by atoms with E-state index in [1.54, 1.807) is 6.07 Å². The third-order valence-electron chi connectivity index (χ3n) is 3.01. The summed E-state index contributed by atoms with van der Waals surface area (Å²) < 4.78 is 13.1. The summed E-state index contributed by atoms with van der Waals surface area (Å²) in [6.07, 6.45) is 4.12. The first kappa shape index (κ1) is 9.34. The predicted molar refractivity (Wildman–Crippen MR) is 63.7 cm³/mol. The third-order valence-corrected chi connectivity index (χ3v) is 3.01. The minimum atomic E-state index is -0.169. The van der Waals surface area contributed by atoms with E-state index in [1.807, 2.05) is 30.3 Å². The topological polar surface area (TPSA) is 0 Å². The van der Waals surface area contributed by atoms with Crippen molar-refractivity contribution >= 4 is 6.08 Å². The average Bonchev–Trinajstić information content (AvgIpc) is 2.73. The van der Waals surface area contributed by atoms with E-state index in [2.05, 4.69) is 18.2 Å².